The fourth-order valence-electron chi connectivity index (χ4n) is 3.68. The summed E-state index contributed by atoms with van der Waals surface area (Å²) >= 11 is 9.44. The van der Waals surface area contributed by atoms with E-state index in [2.05, 4.69) is 27.1 Å². The van der Waals surface area contributed by atoms with Gasteiger partial charge in [0.2, 0.25) is 11.9 Å². The molecule has 0 aliphatic heterocycles. The van der Waals surface area contributed by atoms with Crippen LogP contribution in [0, 0.1) is 11.9 Å². The number of hydrogen-bond donors (Lipinski definition) is 2. The smallest absolute Gasteiger partial charge is 0.398 e. The Labute approximate surface area is 282 Å². The topological polar surface area (TPSA) is 142 Å². The Bertz CT molecular complexity index is 1820. The van der Waals surface area contributed by atoms with E-state index < -0.39 is 63.7 Å². The molecule has 49 heavy (non-hydrogen) atoms. The highest BCUT2D eigenvalue weighted by atomic mass is 35.5. The van der Waals surface area contributed by atoms with Gasteiger partial charge in [-0.3, -0.25) is 19.2 Å². The van der Waals surface area contributed by atoms with Gasteiger partial charge in [-0.25, -0.2) is 9.36 Å². The molecule has 20 heteroatoms. The zero-order valence-electron chi connectivity index (χ0n) is 25.9. The maximum atomic E-state index is 13.8. The van der Waals surface area contributed by atoms with Crippen LogP contribution in [-0.2, 0) is 26.4 Å². The quantitative estimate of drug-likeness (QED) is 0.0717. The number of aromatic nitrogens is 4. The van der Waals surface area contributed by atoms with E-state index >= 15 is 0 Å². The second-order valence-corrected chi connectivity index (χ2v) is 9.59. The van der Waals surface area contributed by atoms with Gasteiger partial charge in [-0.1, -0.05) is 24.3 Å². The molecule has 0 atom stereocenters. The molecule has 4 aromatic rings. The molecule has 3 N–H and O–H groups in total. The van der Waals surface area contributed by atoms with E-state index in [1.165, 1.54) is 44.5 Å². The lowest BCUT2D eigenvalue weighted by Gasteiger charge is -2.10. The van der Waals surface area contributed by atoms with Gasteiger partial charge in [-0.15, -0.1) is 11.6 Å². The van der Waals surface area contributed by atoms with Gasteiger partial charge in [0.05, 0.1) is 5.69 Å². The summed E-state index contributed by atoms with van der Waals surface area (Å²) in [5.41, 5.74) is 1.02. The SMILES string of the molecule is CC(=O)c1ccccc1N.CC(=O)c1ccccc1NC(=O)c1c(C(F)(F)F)nn(C)c1F.CCl.Cn1nc(C(F)(F)F)c(C(=O)Cl)c1F. The summed E-state index contributed by atoms with van der Waals surface area (Å²) in [5, 5.41) is 6.40. The monoisotopic (exact) mass is 744 g/mol. The zero-order valence-corrected chi connectivity index (χ0v) is 27.4. The van der Waals surface area contributed by atoms with Gasteiger partial charge in [0.25, 0.3) is 11.1 Å². The van der Waals surface area contributed by atoms with E-state index in [0.29, 0.717) is 20.6 Å². The van der Waals surface area contributed by atoms with Crippen LogP contribution in [0.5, 0.6) is 0 Å². The van der Waals surface area contributed by atoms with Crippen LogP contribution in [0.3, 0.4) is 0 Å². The normalized spacial score (nSPS) is 10.8. The standard InChI is InChI=1S/C14H11F4N3O2.C8H9NO.C6H3ClF4N2O.CH3Cl/c1-7(22)8-5-3-4-6-9(8)19-13(23)10-11(14(16,17)18)20-21(2)12(10)15;1-6(10)7-4-2-3-5-8(7)9;1-13-5(8)2(4(7)14)3(12-13)6(9,10)11;1-2/h3-6H,1-2H3,(H,19,23);2-5H,9H2,1H3;1H3;1H3. The van der Waals surface area contributed by atoms with E-state index in [1.807, 2.05) is 6.07 Å². The highest BCUT2D eigenvalue weighted by molar-refractivity contribution is 6.67. The first-order valence-electron chi connectivity index (χ1n) is 13.0. The van der Waals surface area contributed by atoms with Crippen molar-refractivity contribution < 1.29 is 54.3 Å². The van der Waals surface area contributed by atoms with Crippen LogP contribution in [0.4, 0.5) is 46.5 Å². The number of carbonyl (C=O) groups is 4. The number of anilines is 2. The number of nitrogens with one attached hydrogen (secondary N) is 1. The second kappa shape index (κ2) is 17.5. The van der Waals surface area contributed by atoms with Crippen molar-refractivity contribution in [2.75, 3.05) is 17.4 Å². The fourth-order valence-corrected chi connectivity index (χ4v) is 3.85. The molecule has 266 valence electrons. The number of hydrogen-bond acceptors (Lipinski definition) is 7. The molecular weight excluding hydrogens is 719 g/mol. The summed E-state index contributed by atoms with van der Waals surface area (Å²) < 4.78 is 102. The molecule has 2 aromatic heterocycles. The number of ketones is 2. The van der Waals surface area contributed by atoms with Crippen LogP contribution < -0.4 is 11.1 Å². The minimum Gasteiger partial charge on any atom is -0.398 e. The largest absolute Gasteiger partial charge is 0.436 e. The van der Waals surface area contributed by atoms with Crippen LogP contribution >= 0.6 is 23.2 Å². The molecular formula is C29H26Cl2F8N6O4. The summed E-state index contributed by atoms with van der Waals surface area (Å²) in [6.45, 7) is 2.74. The molecule has 2 aromatic carbocycles. The number of halogens is 10. The van der Waals surface area contributed by atoms with Gasteiger partial charge < -0.3 is 11.1 Å². The van der Waals surface area contributed by atoms with Crippen molar-refractivity contribution in [2.24, 2.45) is 14.1 Å². The molecule has 2 heterocycles. The van der Waals surface area contributed by atoms with Crippen molar-refractivity contribution in [1.29, 1.82) is 0 Å². The lowest BCUT2D eigenvalue weighted by Crippen LogP contribution is -2.20. The predicted molar refractivity (Wildman–Crippen MR) is 164 cm³/mol. The molecule has 0 fully saturated rings. The Morgan fingerprint density at radius 1 is 0.714 bits per heavy atom. The first-order valence-corrected chi connectivity index (χ1v) is 14.2. The van der Waals surface area contributed by atoms with Crippen LogP contribution in [0.1, 0.15) is 66.7 Å². The van der Waals surface area contributed by atoms with Gasteiger partial charge in [0.1, 0.15) is 11.1 Å². The van der Waals surface area contributed by atoms with Crippen molar-refractivity contribution in [1.82, 2.24) is 19.6 Å². The van der Waals surface area contributed by atoms with E-state index in [4.69, 9.17) is 17.3 Å². The van der Waals surface area contributed by atoms with Gasteiger partial charge in [0, 0.05) is 37.3 Å². The third-order valence-electron chi connectivity index (χ3n) is 5.81. The number of aryl methyl sites for hydroxylation is 2. The molecule has 0 saturated carbocycles. The molecule has 0 radical (unpaired) electrons. The Morgan fingerprint density at radius 2 is 1.10 bits per heavy atom. The molecule has 0 saturated heterocycles. The van der Waals surface area contributed by atoms with Gasteiger partial charge in [-0.2, -0.15) is 45.3 Å². The third-order valence-corrected chi connectivity index (χ3v) is 6.00. The molecule has 0 aliphatic rings. The lowest BCUT2D eigenvalue weighted by atomic mass is 10.1. The van der Waals surface area contributed by atoms with Crippen molar-refractivity contribution in [2.45, 2.75) is 26.2 Å². The first kappa shape index (κ1) is 42.2. The average molecular weight is 745 g/mol. The summed E-state index contributed by atoms with van der Waals surface area (Å²) in [4.78, 5) is 44.8. The minimum absolute atomic E-state index is 0.0121. The van der Waals surface area contributed by atoms with Gasteiger partial charge >= 0.3 is 12.4 Å². The number of rotatable bonds is 5. The molecule has 10 nitrogen and oxygen atoms in total. The molecule has 4 rings (SSSR count). The summed E-state index contributed by atoms with van der Waals surface area (Å²) in [5.74, 6) is -4.55. The summed E-state index contributed by atoms with van der Waals surface area (Å²) in [6, 6.07) is 12.8. The maximum absolute atomic E-state index is 13.8. The number of nitrogens with zero attached hydrogens (tertiary/aromatic N) is 4. The number of nitrogen functional groups attached to an aromatic ring is 1. The summed E-state index contributed by atoms with van der Waals surface area (Å²) in [7, 11) is 1.89. The maximum Gasteiger partial charge on any atom is 0.436 e. The third kappa shape index (κ3) is 11.1. The van der Waals surface area contributed by atoms with Crippen molar-refractivity contribution in [3.63, 3.8) is 0 Å². The Hall–Kier alpha value is -4.84. The molecule has 0 aliphatic carbocycles. The van der Waals surface area contributed by atoms with Crippen molar-refractivity contribution >= 4 is 57.3 Å². The lowest BCUT2D eigenvalue weighted by molar-refractivity contribution is -0.142. The Morgan fingerprint density at radius 3 is 1.47 bits per heavy atom. The second-order valence-electron chi connectivity index (χ2n) is 9.24. The van der Waals surface area contributed by atoms with Crippen molar-refractivity contribution in [3.05, 3.63) is 94.1 Å². The number of Topliss-reactive ketones (excluding diaryl/α,β-unsaturated/α-hetero) is 2. The van der Waals surface area contributed by atoms with Gasteiger partial charge in [0.15, 0.2) is 23.0 Å². The first-order chi connectivity index (χ1) is 22.6. The highest BCUT2D eigenvalue weighted by Crippen LogP contribution is 2.33. The summed E-state index contributed by atoms with van der Waals surface area (Å²) in [6.07, 6.45) is -8.42. The van der Waals surface area contributed by atoms with E-state index in [0.717, 1.165) is 14.1 Å². The molecule has 0 unspecified atom stereocenters. The highest BCUT2D eigenvalue weighted by Gasteiger charge is 2.42. The average Bonchev–Trinajstić information content (AvgIpc) is 3.49. The fraction of sp³-hybridized carbons (Fsp3) is 0.241. The number of nitrogens with two attached hydrogens (primary N) is 1. The predicted octanol–water partition coefficient (Wildman–Crippen LogP) is 7.32. The van der Waals surface area contributed by atoms with E-state index in [1.54, 1.807) is 18.2 Å². The van der Waals surface area contributed by atoms with Crippen LogP contribution in [-0.4, -0.2) is 48.7 Å². The number of para-hydroxylation sites is 2. The van der Waals surface area contributed by atoms with Crippen LogP contribution in [0.2, 0.25) is 0 Å². The van der Waals surface area contributed by atoms with Crippen LogP contribution in [0.25, 0.3) is 0 Å². The Balaban J connectivity index is 0.000000392. The number of amides is 1. The number of alkyl halides is 7. The van der Waals surface area contributed by atoms with Crippen LogP contribution in [0.15, 0.2) is 48.5 Å². The van der Waals surface area contributed by atoms with Gasteiger partial charge in [-0.05, 0) is 49.7 Å². The van der Waals surface area contributed by atoms with E-state index in [-0.39, 0.29) is 17.0 Å². The Kier molecular flexibility index (Phi) is 15.1. The van der Waals surface area contributed by atoms with Crippen molar-refractivity contribution in [3.8, 4) is 0 Å². The number of benzene rings is 2. The molecule has 1 amide bonds. The molecule has 0 bridgehead atoms. The minimum atomic E-state index is -4.99. The molecule has 0 spiro atoms. The zero-order chi connectivity index (χ0) is 38.0. The number of carbonyl (C=O) groups excluding carboxylic acids is 4. The van der Waals surface area contributed by atoms with E-state index in [9.17, 15) is 54.3 Å².